The monoisotopic (exact) mass is 410 g/mol. The van der Waals surface area contributed by atoms with Gasteiger partial charge in [-0.3, -0.25) is 9.69 Å². The number of benzene rings is 2. The molecule has 0 radical (unpaired) electrons. The van der Waals surface area contributed by atoms with Crippen molar-refractivity contribution in [2.24, 2.45) is 0 Å². The lowest BCUT2D eigenvalue weighted by Crippen LogP contribution is -2.43. The Hall–Kier alpha value is -2.98. The van der Waals surface area contributed by atoms with Crippen LogP contribution in [0, 0.1) is 11.3 Å². The van der Waals surface area contributed by atoms with Crippen molar-refractivity contribution in [2.75, 3.05) is 31.5 Å². The van der Waals surface area contributed by atoms with Crippen molar-refractivity contribution in [2.45, 2.75) is 30.8 Å². The standard InChI is InChI=1S/C23H24F2N4O/c24-23(25)12-21(13-26)29(16-23)22(30)15-28-10-9-20(14-28)27-19-8-4-7-18(11-19)17-5-2-1-3-6-17/h1-8,11,20-21,27H,9-10,12,14-16H2/t20-,21?/m0/s1. The van der Waals surface area contributed by atoms with Crippen LogP contribution in [0.5, 0.6) is 0 Å². The Morgan fingerprint density at radius 3 is 2.70 bits per heavy atom. The van der Waals surface area contributed by atoms with Crippen molar-refractivity contribution < 1.29 is 13.6 Å². The molecule has 2 heterocycles. The lowest BCUT2D eigenvalue weighted by atomic mass is 10.1. The fraction of sp³-hybridized carbons (Fsp3) is 0.391. The summed E-state index contributed by atoms with van der Waals surface area (Å²) in [6, 6.07) is 19.3. The first-order chi connectivity index (χ1) is 14.4. The van der Waals surface area contributed by atoms with Crippen molar-refractivity contribution >= 4 is 11.6 Å². The van der Waals surface area contributed by atoms with E-state index in [9.17, 15) is 13.6 Å². The summed E-state index contributed by atoms with van der Waals surface area (Å²) < 4.78 is 27.2. The van der Waals surface area contributed by atoms with Crippen LogP contribution in [0.4, 0.5) is 14.5 Å². The number of amides is 1. The Morgan fingerprint density at radius 1 is 1.17 bits per heavy atom. The molecule has 5 nitrogen and oxygen atoms in total. The predicted molar refractivity (Wildman–Crippen MR) is 111 cm³/mol. The minimum absolute atomic E-state index is 0.0660. The number of rotatable bonds is 5. The molecule has 0 aliphatic carbocycles. The van der Waals surface area contributed by atoms with Crippen LogP contribution in [0.2, 0.25) is 0 Å². The first kappa shape index (κ1) is 20.3. The summed E-state index contributed by atoms with van der Waals surface area (Å²) in [5, 5.41) is 12.6. The molecule has 2 aromatic carbocycles. The number of anilines is 1. The van der Waals surface area contributed by atoms with E-state index in [1.54, 1.807) is 0 Å². The minimum atomic E-state index is -2.98. The van der Waals surface area contributed by atoms with Crippen molar-refractivity contribution in [3.8, 4) is 17.2 Å². The number of carbonyl (C=O) groups excluding carboxylic acids is 1. The average Bonchev–Trinajstić information content (AvgIpc) is 3.31. The first-order valence-corrected chi connectivity index (χ1v) is 10.1. The zero-order chi connectivity index (χ0) is 21.1. The van der Waals surface area contributed by atoms with Gasteiger partial charge < -0.3 is 10.2 Å². The first-order valence-electron chi connectivity index (χ1n) is 10.1. The molecule has 2 fully saturated rings. The van der Waals surface area contributed by atoms with Crippen molar-refractivity contribution in [1.82, 2.24) is 9.80 Å². The number of nitrogens with one attached hydrogen (secondary N) is 1. The van der Waals surface area contributed by atoms with Gasteiger partial charge in [0.05, 0.1) is 19.2 Å². The maximum Gasteiger partial charge on any atom is 0.268 e. The maximum absolute atomic E-state index is 13.6. The summed E-state index contributed by atoms with van der Waals surface area (Å²) in [5.74, 6) is -3.37. The Kier molecular flexibility index (Phi) is 5.69. The van der Waals surface area contributed by atoms with Crippen LogP contribution in [0.25, 0.3) is 11.1 Å². The summed E-state index contributed by atoms with van der Waals surface area (Å²) in [4.78, 5) is 15.5. The quantitative estimate of drug-likeness (QED) is 0.818. The lowest BCUT2D eigenvalue weighted by Gasteiger charge is -2.23. The van der Waals surface area contributed by atoms with Crippen molar-refractivity contribution in [3.05, 3.63) is 54.6 Å². The van der Waals surface area contributed by atoms with Gasteiger partial charge in [0.15, 0.2) is 0 Å². The highest BCUT2D eigenvalue weighted by atomic mass is 19.3. The predicted octanol–water partition coefficient (Wildman–Crippen LogP) is 3.60. The Bertz CT molecular complexity index is 944. The number of likely N-dealkylation sites (tertiary alicyclic amines) is 2. The Labute approximate surface area is 174 Å². The van der Waals surface area contributed by atoms with Gasteiger partial charge in [-0.05, 0) is 29.7 Å². The summed E-state index contributed by atoms with van der Waals surface area (Å²) in [6.45, 7) is 0.772. The van der Waals surface area contributed by atoms with Crippen LogP contribution in [-0.4, -0.2) is 59.9 Å². The number of nitriles is 1. The molecule has 1 amide bonds. The van der Waals surface area contributed by atoms with Gasteiger partial charge in [0.2, 0.25) is 5.91 Å². The van der Waals surface area contributed by atoms with Crippen LogP contribution >= 0.6 is 0 Å². The molecular formula is C23H24F2N4O. The van der Waals surface area contributed by atoms with E-state index in [1.165, 1.54) is 0 Å². The van der Waals surface area contributed by atoms with Gasteiger partial charge in [0.1, 0.15) is 6.04 Å². The molecule has 0 aromatic heterocycles. The summed E-state index contributed by atoms with van der Waals surface area (Å²) in [5.41, 5.74) is 3.29. The van der Waals surface area contributed by atoms with Crippen molar-refractivity contribution in [1.29, 1.82) is 5.26 Å². The number of hydrogen-bond donors (Lipinski definition) is 1. The highest BCUT2D eigenvalue weighted by Crippen LogP contribution is 2.32. The van der Waals surface area contributed by atoms with Crippen LogP contribution in [0.3, 0.4) is 0 Å². The highest BCUT2D eigenvalue weighted by Gasteiger charge is 2.47. The number of carbonyl (C=O) groups is 1. The molecule has 2 aromatic rings. The van der Waals surface area contributed by atoms with Gasteiger partial charge >= 0.3 is 0 Å². The van der Waals surface area contributed by atoms with E-state index >= 15 is 0 Å². The van der Waals surface area contributed by atoms with Crippen LogP contribution in [0.1, 0.15) is 12.8 Å². The number of halogens is 2. The minimum Gasteiger partial charge on any atom is -0.381 e. The second-order valence-electron chi connectivity index (χ2n) is 8.04. The number of alkyl halides is 2. The largest absolute Gasteiger partial charge is 0.381 e. The van der Waals surface area contributed by atoms with Gasteiger partial charge in [-0.25, -0.2) is 8.78 Å². The molecule has 2 saturated heterocycles. The SMILES string of the molecule is N#CC1CC(F)(F)CN1C(=O)CN1CC[C@H](Nc2cccc(-c3ccccc3)c2)C1. The average molecular weight is 410 g/mol. The van der Waals surface area contributed by atoms with Gasteiger partial charge in [-0.1, -0.05) is 42.5 Å². The molecule has 2 atom stereocenters. The Balaban J connectivity index is 1.33. The molecule has 1 N–H and O–H groups in total. The van der Waals surface area contributed by atoms with Crippen LogP contribution in [0.15, 0.2) is 54.6 Å². The molecule has 0 spiro atoms. The fourth-order valence-electron chi connectivity index (χ4n) is 4.23. The third-order valence-corrected chi connectivity index (χ3v) is 5.71. The van der Waals surface area contributed by atoms with Gasteiger partial charge in [-0.2, -0.15) is 5.26 Å². The van der Waals surface area contributed by atoms with E-state index in [0.717, 1.165) is 28.1 Å². The zero-order valence-electron chi connectivity index (χ0n) is 16.6. The normalized spacial score (nSPS) is 23.3. The third-order valence-electron chi connectivity index (χ3n) is 5.71. The highest BCUT2D eigenvalue weighted by molar-refractivity contribution is 5.79. The van der Waals surface area contributed by atoms with Gasteiger partial charge in [0, 0.05) is 31.2 Å². The van der Waals surface area contributed by atoms with Gasteiger partial charge in [-0.15, -0.1) is 0 Å². The molecule has 0 saturated carbocycles. The topological polar surface area (TPSA) is 59.4 Å². The molecule has 2 aliphatic rings. The molecule has 30 heavy (non-hydrogen) atoms. The third kappa shape index (κ3) is 4.60. The smallest absolute Gasteiger partial charge is 0.268 e. The van der Waals surface area contributed by atoms with Gasteiger partial charge in [0.25, 0.3) is 5.92 Å². The van der Waals surface area contributed by atoms with E-state index in [-0.39, 0.29) is 12.6 Å². The number of hydrogen-bond acceptors (Lipinski definition) is 4. The molecule has 7 heteroatoms. The summed E-state index contributed by atoms with van der Waals surface area (Å²) in [6.07, 6.45) is 0.290. The molecule has 4 rings (SSSR count). The van der Waals surface area contributed by atoms with E-state index in [0.29, 0.717) is 13.1 Å². The van der Waals surface area contributed by atoms with E-state index in [4.69, 9.17) is 5.26 Å². The van der Waals surface area contributed by atoms with Crippen LogP contribution in [-0.2, 0) is 4.79 Å². The van der Waals surface area contributed by atoms with Crippen molar-refractivity contribution in [3.63, 3.8) is 0 Å². The summed E-state index contributed by atoms with van der Waals surface area (Å²) >= 11 is 0. The summed E-state index contributed by atoms with van der Waals surface area (Å²) in [7, 11) is 0. The molecular weight excluding hydrogens is 386 g/mol. The maximum atomic E-state index is 13.6. The fourth-order valence-corrected chi connectivity index (χ4v) is 4.23. The Morgan fingerprint density at radius 2 is 1.93 bits per heavy atom. The second-order valence-corrected chi connectivity index (χ2v) is 8.04. The van der Waals surface area contributed by atoms with E-state index in [2.05, 4.69) is 29.6 Å². The molecule has 156 valence electrons. The molecule has 2 aliphatic heterocycles. The zero-order valence-corrected chi connectivity index (χ0v) is 16.6. The number of nitrogens with zero attached hydrogens (tertiary/aromatic N) is 3. The van der Waals surface area contributed by atoms with E-state index in [1.807, 2.05) is 41.3 Å². The lowest BCUT2D eigenvalue weighted by molar-refractivity contribution is -0.133. The molecule has 1 unspecified atom stereocenters. The van der Waals surface area contributed by atoms with Crippen LogP contribution < -0.4 is 5.32 Å². The molecule has 0 bridgehead atoms. The second kappa shape index (κ2) is 8.41. The van der Waals surface area contributed by atoms with E-state index < -0.39 is 30.8 Å².